The van der Waals surface area contributed by atoms with Crippen molar-refractivity contribution in [2.75, 3.05) is 0 Å². The van der Waals surface area contributed by atoms with E-state index >= 15 is 0 Å². The van der Waals surface area contributed by atoms with Gasteiger partial charge in [-0.25, -0.2) is 0 Å². The molecule has 0 heterocycles. The average molecular weight is 703 g/mol. The van der Waals surface area contributed by atoms with Crippen molar-refractivity contribution in [1.29, 1.82) is 0 Å². The molecule has 0 aromatic heterocycles. The summed E-state index contributed by atoms with van der Waals surface area (Å²) in [4.78, 5) is 0. The highest BCUT2D eigenvalue weighted by molar-refractivity contribution is 5.51. The lowest BCUT2D eigenvalue weighted by Crippen LogP contribution is -2.39. The number of phenolic OH excluding ortho intramolecular Hbond substituents is 4. The van der Waals surface area contributed by atoms with E-state index in [-0.39, 0.29) is 34.5 Å². The third kappa shape index (κ3) is 6.95. The Kier molecular flexibility index (Phi) is 10.8. The first-order chi connectivity index (χ1) is 24.7. The molecular formula is C48H62O4. The maximum Gasteiger partial charge on any atom is 0.119 e. The minimum atomic E-state index is -0.178. The van der Waals surface area contributed by atoms with Gasteiger partial charge in [0.2, 0.25) is 0 Å². The normalized spacial score (nSPS) is 18.2. The summed E-state index contributed by atoms with van der Waals surface area (Å²) in [7, 11) is 0. The zero-order chi connectivity index (χ0) is 37.5. The van der Waals surface area contributed by atoms with Gasteiger partial charge in [-0.1, -0.05) is 104 Å². The third-order valence-electron chi connectivity index (χ3n) is 13.2. The van der Waals surface area contributed by atoms with Crippen LogP contribution >= 0.6 is 0 Å². The molecule has 0 saturated heterocycles. The number of rotatable bonds is 9. The second-order valence-electron chi connectivity index (χ2n) is 17.6. The molecule has 0 bridgehead atoms. The molecule has 0 aliphatic heterocycles. The Morgan fingerprint density at radius 1 is 0.385 bits per heavy atom. The molecule has 2 fully saturated rings. The monoisotopic (exact) mass is 702 g/mol. The lowest BCUT2D eigenvalue weighted by Gasteiger charge is -2.47. The maximum absolute atomic E-state index is 10.8. The molecule has 0 atom stereocenters. The predicted octanol–water partition coefficient (Wildman–Crippen LogP) is 12.7. The van der Waals surface area contributed by atoms with E-state index in [9.17, 15) is 20.4 Å². The van der Waals surface area contributed by atoms with E-state index < -0.39 is 0 Å². The Bertz CT molecular complexity index is 1610. The Balaban J connectivity index is 1.32. The van der Waals surface area contributed by atoms with Crippen molar-refractivity contribution >= 4 is 0 Å². The largest absolute Gasteiger partial charge is 0.508 e. The van der Waals surface area contributed by atoms with Gasteiger partial charge in [0.15, 0.2) is 0 Å². The van der Waals surface area contributed by atoms with E-state index in [0.717, 1.165) is 73.6 Å². The molecule has 0 spiro atoms. The molecular weight excluding hydrogens is 641 g/mol. The second kappa shape index (κ2) is 14.8. The molecule has 4 nitrogen and oxygen atoms in total. The molecule has 4 aromatic carbocycles. The van der Waals surface area contributed by atoms with Gasteiger partial charge in [-0.15, -0.1) is 0 Å². The highest BCUT2D eigenvalue weighted by Crippen LogP contribution is 2.55. The Hall–Kier alpha value is -3.92. The highest BCUT2D eigenvalue weighted by atomic mass is 16.3. The fraction of sp³-hybridized carbons (Fsp3) is 0.500. The summed E-state index contributed by atoms with van der Waals surface area (Å²) in [5, 5.41) is 43.1. The van der Waals surface area contributed by atoms with E-state index in [4.69, 9.17) is 0 Å². The van der Waals surface area contributed by atoms with Crippen molar-refractivity contribution in [1.82, 2.24) is 0 Å². The first-order valence-corrected chi connectivity index (χ1v) is 20.0. The fourth-order valence-electron chi connectivity index (χ4n) is 9.96. The van der Waals surface area contributed by atoms with E-state index in [1.807, 2.05) is 24.3 Å². The second-order valence-corrected chi connectivity index (χ2v) is 17.6. The molecule has 0 radical (unpaired) electrons. The van der Waals surface area contributed by atoms with Crippen LogP contribution in [-0.4, -0.2) is 20.4 Å². The van der Waals surface area contributed by atoms with Crippen molar-refractivity contribution in [3.05, 3.63) is 117 Å². The van der Waals surface area contributed by atoms with Crippen LogP contribution in [0.2, 0.25) is 0 Å². The first kappa shape index (κ1) is 37.8. The number of benzene rings is 4. The highest BCUT2D eigenvalue weighted by Gasteiger charge is 2.45. The minimum Gasteiger partial charge on any atom is -0.508 e. The predicted molar refractivity (Wildman–Crippen MR) is 214 cm³/mol. The molecule has 6 rings (SSSR count). The van der Waals surface area contributed by atoms with Gasteiger partial charge in [0.1, 0.15) is 23.0 Å². The summed E-state index contributed by atoms with van der Waals surface area (Å²) in [6.45, 7) is 17.2. The molecule has 0 amide bonds. The molecule has 4 heteroatoms. The molecule has 52 heavy (non-hydrogen) atoms. The van der Waals surface area contributed by atoms with Crippen LogP contribution in [0.4, 0.5) is 0 Å². The van der Waals surface area contributed by atoms with Crippen LogP contribution in [0.15, 0.2) is 72.8 Å². The standard InChI is InChI=1S/C48H62O4/c1-29(2)39-25-35(9-13-43(39)49)47(36-10-14-44(50)40(26-36)30(3)4)21-17-33(18-22-47)34-19-23-48(24-20-34,37-11-15-45(51)41(27-37)31(5)6)38-12-16-46(52)42(28-38)32(7)8/h9-16,25-34,49-52H,17-24H2,1-8H3. The maximum atomic E-state index is 10.8. The first-order valence-electron chi connectivity index (χ1n) is 20.0. The van der Waals surface area contributed by atoms with Crippen molar-refractivity contribution in [2.24, 2.45) is 11.8 Å². The summed E-state index contributed by atoms with van der Waals surface area (Å²) in [6, 6.07) is 25.2. The minimum absolute atomic E-state index is 0.178. The zero-order valence-corrected chi connectivity index (χ0v) is 32.8. The summed E-state index contributed by atoms with van der Waals surface area (Å²) < 4.78 is 0. The summed E-state index contributed by atoms with van der Waals surface area (Å²) in [5.41, 5.74) is 8.73. The van der Waals surface area contributed by atoms with Gasteiger partial charge >= 0.3 is 0 Å². The quantitative estimate of drug-likeness (QED) is 0.140. The number of aromatic hydroxyl groups is 4. The summed E-state index contributed by atoms with van der Waals surface area (Å²) in [6.07, 6.45) is 8.71. The number of hydrogen-bond acceptors (Lipinski definition) is 4. The Morgan fingerprint density at radius 3 is 0.788 bits per heavy atom. The lowest BCUT2D eigenvalue weighted by molar-refractivity contribution is 0.140. The Labute approximate surface area is 313 Å². The smallest absolute Gasteiger partial charge is 0.119 e. The van der Waals surface area contributed by atoms with Gasteiger partial charge in [0.05, 0.1) is 0 Å². The molecule has 4 N–H and O–H groups in total. The molecule has 2 aliphatic rings. The van der Waals surface area contributed by atoms with Gasteiger partial charge < -0.3 is 20.4 Å². The van der Waals surface area contributed by atoms with Crippen LogP contribution in [0.5, 0.6) is 23.0 Å². The van der Waals surface area contributed by atoms with E-state index in [2.05, 4.69) is 104 Å². The van der Waals surface area contributed by atoms with Crippen molar-refractivity contribution < 1.29 is 20.4 Å². The summed E-state index contributed by atoms with van der Waals surface area (Å²) >= 11 is 0. The molecule has 0 unspecified atom stereocenters. The van der Waals surface area contributed by atoms with Crippen LogP contribution in [0.25, 0.3) is 0 Å². The molecule has 278 valence electrons. The lowest BCUT2D eigenvalue weighted by atomic mass is 9.57. The van der Waals surface area contributed by atoms with Crippen molar-refractivity contribution in [3.8, 4) is 23.0 Å². The fourth-order valence-corrected chi connectivity index (χ4v) is 9.96. The van der Waals surface area contributed by atoms with Crippen LogP contribution in [-0.2, 0) is 10.8 Å². The third-order valence-corrected chi connectivity index (χ3v) is 13.2. The average Bonchev–Trinajstić information content (AvgIpc) is 3.12. The van der Waals surface area contributed by atoms with Crippen LogP contribution in [0, 0.1) is 11.8 Å². The zero-order valence-electron chi connectivity index (χ0n) is 32.8. The number of hydrogen-bond donors (Lipinski definition) is 4. The summed E-state index contributed by atoms with van der Waals surface area (Å²) in [5.74, 6) is 3.60. The van der Waals surface area contributed by atoms with Crippen molar-refractivity contribution in [2.45, 2.75) is 141 Å². The number of phenols is 4. The van der Waals surface area contributed by atoms with Crippen LogP contribution in [0.3, 0.4) is 0 Å². The molecule has 4 aromatic rings. The topological polar surface area (TPSA) is 80.9 Å². The van der Waals surface area contributed by atoms with Crippen LogP contribution < -0.4 is 0 Å². The van der Waals surface area contributed by atoms with Crippen LogP contribution in [0.1, 0.15) is 175 Å². The van der Waals surface area contributed by atoms with Crippen molar-refractivity contribution in [3.63, 3.8) is 0 Å². The SMILES string of the molecule is CC(C)c1cc(C2(c3ccc(O)c(C(C)C)c3)CCC(C3CCC(c4ccc(O)c(C(C)C)c4)(c4ccc(O)c(C(C)C)c4)CC3)CC2)ccc1O. The van der Waals surface area contributed by atoms with Gasteiger partial charge in [0, 0.05) is 10.8 Å². The molecule has 2 saturated carbocycles. The van der Waals surface area contributed by atoms with E-state index in [1.54, 1.807) is 0 Å². The van der Waals surface area contributed by atoms with Gasteiger partial charge in [-0.3, -0.25) is 0 Å². The van der Waals surface area contributed by atoms with Gasteiger partial charge in [0.25, 0.3) is 0 Å². The van der Waals surface area contributed by atoms with Gasteiger partial charge in [-0.05, 0) is 156 Å². The van der Waals surface area contributed by atoms with E-state index in [0.29, 0.717) is 34.8 Å². The van der Waals surface area contributed by atoms with E-state index in [1.165, 1.54) is 22.3 Å². The molecule has 2 aliphatic carbocycles. The Morgan fingerprint density at radius 2 is 0.596 bits per heavy atom. The van der Waals surface area contributed by atoms with Gasteiger partial charge in [-0.2, -0.15) is 0 Å².